The minimum atomic E-state index is -4.54. The number of anilines is 1. The summed E-state index contributed by atoms with van der Waals surface area (Å²) in [4.78, 5) is 0. The van der Waals surface area contributed by atoms with Gasteiger partial charge in [0.2, 0.25) is 0 Å². The van der Waals surface area contributed by atoms with E-state index >= 15 is 0 Å². The van der Waals surface area contributed by atoms with Gasteiger partial charge in [0, 0.05) is 18.3 Å². The monoisotopic (exact) mass is 285 g/mol. The average Bonchev–Trinajstić information content (AvgIpc) is 2.42. The summed E-state index contributed by atoms with van der Waals surface area (Å²) in [5, 5.41) is 11.7. The number of halogens is 3. The van der Waals surface area contributed by atoms with Gasteiger partial charge in [0.05, 0.1) is 17.2 Å². The van der Waals surface area contributed by atoms with Gasteiger partial charge < -0.3 is 11.1 Å². The maximum absolute atomic E-state index is 12.8. The van der Waals surface area contributed by atoms with Crippen LogP contribution in [0.15, 0.2) is 18.2 Å². The summed E-state index contributed by atoms with van der Waals surface area (Å²) in [6, 6.07) is 5.11. The molecule has 0 aliphatic rings. The SMILES string of the molecule is CCCCC(CN)Nc1ccc(C#N)c(C(F)(F)F)c1. The Hall–Kier alpha value is -1.74. The summed E-state index contributed by atoms with van der Waals surface area (Å²) in [7, 11) is 0. The lowest BCUT2D eigenvalue weighted by Crippen LogP contribution is -2.28. The molecular formula is C14H18F3N3. The molecule has 0 saturated heterocycles. The van der Waals surface area contributed by atoms with Crippen LogP contribution in [0.1, 0.15) is 37.3 Å². The fraction of sp³-hybridized carbons (Fsp3) is 0.500. The van der Waals surface area contributed by atoms with Gasteiger partial charge in [0.25, 0.3) is 0 Å². The van der Waals surface area contributed by atoms with Crippen molar-refractivity contribution in [1.29, 1.82) is 5.26 Å². The van der Waals surface area contributed by atoms with Crippen LogP contribution in [0.3, 0.4) is 0 Å². The van der Waals surface area contributed by atoms with Crippen LogP contribution >= 0.6 is 0 Å². The first-order chi connectivity index (χ1) is 9.42. The maximum Gasteiger partial charge on any atom is 0.417 e. The molecule has 20 heavy (non-hydrogen) atoms. The van der Waals surface area contributed by atoms with E-state index in [1.165, 1.54) is 12.1 Å². The second kappa shape index (κ2) is 7.15. The smallest absolute Gasteiger partial charge is 0.381 e. The Labute approximate surface area is 116 Å². The first-order valence-corrected chi connectivity index (χ1v) is 6.50. The zero-order chi connectivity index (χ0) is 15.2. The topological polar surface area (TPSA) is 61.8 Å². The van der Waals surface area contributed by atoms with E-state index in [4.69, 9.17) is 11.0 Å². The Bertz CT molecular complexity index is 478. The third-order valence-corrected chi connectivity index (χ3v) is 3.01. The van der Waals surface area contributed by atoms with Gasteiger partial charge in [-0.05, 0) is 24.6 Å². The van der Waals surface area contributed by atoms with Gasteiger partial charge in [0.15, 0.2) is 0 Å². The van der Waals surface area contributed by atoms with Crippen LogP contribution in [0.25, 0.3) is 0 Å². The van der Waals surface area contributed by atoms with E-state index in [2.05, 4.69) is 5.32 Å². The van der Waals surface area contributed by atoms with E-state index in [1.54, 1.807) is 6.07 Å². The quantitative estimate of drug-likeness (QED) is 0.840. The average molecular weight is 285 g/mol. The zero-order valence-electron chi connectivity index (χ0n) is 11.3. The molecule has 1 atom stereocenters. The molecule has 0 bridgehead atoms. The molecule has 0 aliphatic heterocycles. The Morgan fingerprint density at radius 1 is 1.40 bits per heavy atom. The van der Waals surface area contributed by atoms with Crippen molar-refractivity contribution in [3.05, 3.63) is 29.3 Å². The number of nitrogens with two attached hydrogens (primary N) is 1. The summed E-state index contributed by atoms with van der Waals surface area (Å²) in [5.74, 6) is 0. The highest BCUT2D eigenvalue weighted by Crippen LogP contribution is 2.33. The van der Waals surface area contributed by atoms with Crippen LogP contribution in [0.2, 0.25) is 0 Å². The van der Waals surface area contributed by atoms with Gasteiger partial charge in [-0.2, -0.15) is 18.4 Å². The number of hydrogen-bond donors (Lipinski definition) is 2. The second-order valence-corrected chi connectivity index (χ2v) is 4.59. The minimum Gasteiger partial charge on any atom is -0.381 e. The number of alkyl halides is 3. The Balaban J connectivity index is 2.95. The number of hydrogen-bond acceptors (Lipinski definition) is 3. The first-order valence-electron chi connectivity index (χ1n) is 6.50. The molecule has 6 heteroatoms. The molecule has 0 radical (unpaired) electrons. The van der Waals surface area contributed by atoms with Gasteiger partial charge in [0.1, 0.15) is 0 Å². The molecule has 3 nitrogen and oxygen atoms in total. The summed E-state index contributed by atoms with van der Waals surface area (Å²) in [5.41, 5.74) is 4.65. The van der Waals surface area contributed by atoms with E-state index in [0.717, 1.165) is 25.3 Å². The third kappa shape index (κ3) is 4.42. The van der Waals surface area contributed by atoms with Crippen molar-refractivity contribution in [3.8, 4) is 6.07 Å². The van der Waals surface area contributed by atoms with Gasteiger partial charge >= 0.3 is 6.18 Å². The van der Waals surface area contributed by atoms with Crippen molar-refractivity contribution in [3.63, 3.8) is 0 Å². The number of unbranched alkanes of at least 4 members (excludes halogenated alkanes) is 1. The highest BCUT2D eigenvalue weighted by molar-refractivity contribution is 5.53. The normalized spacial score (nSPS) is 12.8. The highest BCUT2D eigenvalue weighted by Gasteiger charge is 2.33. The lowest BCUT2D eigenvalue weighted by Gasteiger charge is -2.19. The number of nitrogens with zero attached hydrogens (tertiary/aromatic N) is 1. The van der Waals surface area contributed by atoms with Crippen molar-refractivity contribution < 1.29 is 13.2 Å². The van der Waals surface area contributed by atoms with E-state index in [9.17, 15) is 13.2 Å². The molecule has 0 heterocycles. The van der Waals surface area contributed by atoms with Gasteiger partial charge in [-0.25, -0.2) is 0 Å². The van der Waals surface area contributed by atoms with Crippen molar-refractivity contribution in [2.45, 2.75) is 38.4 Å². The molecule has 0 aliphatic carbocycles. The summed E-state index contributed by atoms with van der Waals surface area (Å²) in [6.45, 7) is 2.39. The van der Waals surface area contributed by atoms with Crippen LogP contribution in [0, 0.1) is 11.3 Å². The lowest BCUT2D eigenvalue weighted by molar-refractivity contribution is -0.137. The van der Waals surface area contributed by atoms with Crippen molar-refractivity contribution in [2.24, 2.45) is 5.73 Å². The number of nitrogens with one attached hydrogen (secondary N) is 1. The largest absolute Gasteiger partial charge is 0.417 e. The highest BCUT2D eigenvalue weighted by atomic mass is 19.4. The molecule has 3 N–H and O–H groups in total. The van der Waals surface area contributed by atoms with Gasteiger partial charge in [-0.15, -0.1) is 0 Å². The molecule has 0 saturated carbocycles. The molecule has 0 amide bonds. The van der Waals surface area contributed by atoms with E-state index in [1.807, 2.05) is 6.92 Å². The molecule has 0 spiro atoms. The second-order valence-electron chi connectivity index (χ2n) is 4.59. The van der Waals surface area contributed by atoms with E-state index < -0.39 is 11.7 Å². The predicted molar refractivity (Wildman–Crippen MR) is 72.1 cm³/mol. The molecule has 1 aromatic rings. The number of benzene rings is 1. The molecule has 1 aromatic carbocycles. The van der Waals surface area contributed by atoms with Crippen molar-refractivity contribution in [2.75, 3.05) is 11.9 Å². The summed E-state index contributed by atoms with van der Waals surface area (Å²) < 4.78 is 38.5. The van der Waals surface area contributed by atoms with Crippen molar-refractivity contribution >= 4 is 5.69 Å². The van der Waals surface area contributed by atoms with Crippen LogP contribution in [0.4, 0.5) is 18.9 Å². The Morgan fingerprint density at radius 3 is 2.60 bits per heavy atom. The molecule has 1 unspecified atom stereocenters. The maximum atomic E-state index is 12.8. The van der Waals surface area contributed by atoms with Crippen LogP contribution in [-0.4, -0.2) is 12.6 Å². The molecule has 110 valence electrons. The Kier molecular flexibility index (Phi) is 5.83. The van der Waals surface area contributed by atoms with E-state index in [-0.39, 0.29) is 11.6 Å². The molecule has 0 fully saturated rings. The van der Waals surface area contributed by atoms with Gasteiger partial charge in [-0.1, -0.05) is 19.8 Å². The predicted octanol–water partition coefficient (Wildman–Crippen LogP) is 3.51. The van der Waals surface area contributed by atoms with Gasteiger partial charge in [-0.3, -0.25) is 0 Å². The standard InChI is InChI=1S/C14H18F3N3/c1-2-3-4-12(9-19)20-11-6-5-10(8-18)13(7-11)14(15,16)17/h5-7,12,20H,2-4,9,19H2,1H3. The van der Waals surface area contributed by atoms with Crippen LogP contribution < -0.4 is 11.1 Å². The van der Waals surface area contributed by atoms with Crippen LogP contribution in [0.5, 0.6) is 0 Å². The van der Waals surface area contributed by atoms with E-state index in [0.29, 0.717) is 12.2 Å². The van der Waals surface area contributed by atoms with Crippen molar-refractivity contribution in [1.82, 2.24) is 0 Å². The minimum absolute atomic E-state index is 0.0658. The Morgan fingerprint density at radius 2 is 2.10 bits per heavy atom. The molecular weight excluding hydrogens is 267 g/mol. The molecule has 1 rings (SSSR count). The lowest BCUT2D eigenvalue weighted by atomic mass is 10.1. The fourth-order valence-electron chi connectivity index (χ4n) is 1.90. The first kappa shape index (κ1) is 16.3. The number of nitriles is 1. The number of rotatable bonds is 6. The summed E-state index contributed by atoms with van der Waals surface area (Å²) in [6.07, 6.45) is -1.78. The summed E-state index contributed by atoms with van der Waals surface area (Å²) >= 11 is 0. The third-order valence-electron chi connectivity index (χ3n) is 3.01. The van der Waals surface area contributed by atoms with Crippen LogP contribution in [-0.2, 0) is 6.18 Å². The fourth-order valence-corrected chi connectivity index (χ4v) is 1.90. The zero-order valence-corrected chi connectivity index (χ0v) is 11.3. The molecule has 0 aromatic heterocycles.